The van der Waals surface area contributed by atoms with E-state index in [1.54, 1.807) is 29.2 Å². The largest absolute Gasteiger partial charge is 0.360 e. The maximum Gasteiger partial charge on any atom is 0.270 e. The van der Waals surface area contributed by atoms with Crippen LogP contribution in [0.3, 0.4) is 0 Å². The van der Waals surface area contributed by atoms with Crippen LogP contribution in [0.4, 0.5) is 5.69 Å². The van der Waals surface area contributed by atoms with E-state index in [4.69, 9.17) is 0 Å². The van der Waals surface area contributed by atoms with E-state index >= 15 is 0 Å². The summed E-state index contributed by atoms with van der Waals surface area (Å²) in [6, 6.07) is 6.72. The number of nitrogens with zero attached hydrogens (tertiary/aromatic N) is 4. The van der Waals surface area contributed by atoms with Crippen molar-refractivity contribution < 1.29 is 10.0 Å². The molecular weight excluding hydrogens is 296 g/mol. The third kappa shape index (κ3) is 3.25. The number of imidazole rings is 1. The van der Waals surface area contributed by atoms with Crippen LogP contribution in [0, 0.1) is 10.1 Å². The molecule has 0 radical (unpaired) electrons. The average Bonchev–Trinajstić information content (AvgIpc) is 3.25. The standard InChI is InChI=1S/C16H20N4O3/c1-18(13-6-2-3-7-13)16(21)19-10-15(17-11-19)12-5-4-8-14(9-12)20(22)23/h4-5,8-11,13,16,21H,2-3,6-7H2,1H3. The molecule has 0 saturated heterocycles. The highest BCUT2D eigenvalue weighted by atomic mass is 16.6. The number of rotatable bonds is 5. The SMILES string of the molecule is CN(C1CCCC1)C(O)n1cnc(-c2cccc([N+](=O)[O-])c2)c1. The summed E-state index contributed by atoms with van der Waals surface area (Å²) in [6.45, 7) is 0. The molecular formula is C16H20N4O3. The Morgan fingerprint density at radius 3 is 2.87 bits per heavy atom. The molecule has 0 bridgehead atoms. The van der Waals surface area contributed by atoms with Crippen molar-refractivity contribution in [3.63, 3.8) is 0 Å². The van der Waals surface area contributed by atoms with Crippen molar-refractivity contribution in [3.8, 4) is 11.3 Å². The van der Waals surface area contributed by atoms with Crippen LogP contribution in [0.15, 0.2) is 36.8 Å². The Balaban J connectivity index is 1.79. The first-order valence-corrected chi connectivity index (χ1v) is 7.74. The molecule has 1 atom stereocenters. The Kier molecular flexibility index (Phi) is 4.40. The Hall–Kier alpha value is -2.25. The van der Waals surface area contributed by atoms with Gasteiger partial charge in [-0.3, -0.25) is 19.6 Å². The lowest BCUT2D eigenvalue weighted by Crippen LogP contribution is -2.35. The fraction of sp³-hybridized carbons (Fsp3) is 0.438. The van der Waals surface area contributed by atoms with Crippen LogP contribution in [0.25, 0.3) is 11.3 Å². The van der Waals surface area contributed by atoms with Gasteiger partial charge in [-0.15, -0.1) is 0 Å². The number of nitro benzene ring substituents is 1. The van der Waals surface area contributed by atoms with Crippen LogP contribution < -0.4 is 0 Å². The van der Waals surface area contributed by atoms with E-state index in [9.17, 15) is 15.2 Å². The zero-order valence-corrected chi connectivity index (χ0v) is 13.0. The first-order chi connectivity index (χ1) is 11.1. The molecule has 1 aromatic heterocycles. The fourth-order valence-electron chi connectivity index (χ4n) is 3.10. The number of hydrogen-bond donors (Lipinski definition) is 1. The first kappa shape index (κ1) is 15.6. The second kappa shape index (κ2) is 6.47. The normalized spacial score (nSPS) is 16.8. The maximum absolute atomic E-state index is 10.9. The van der Waals surface area contributed by atoms with Crippen molar-refractivity contribution in [3.05, 3.63) is 46.9 Å². The number of hydrogen-bond acceptors (Lipinski definition) is 5. The highest BCUT2D eigenvalue weighted by Gasteiger charge is 2.25. The summed E-state index contributed by atoms with van der Waals surface area (Å²) in [5.41, 5.74) is 1.29. The molecule has 0 amide bonds. The molecule has 2 aromatic rings. The van der Waals surface area contributed by atoms with Crippen molar-refractivity contribution in [2.75, 3.05) is 7.05 Å². The van der Waals surface area contributed by atoms with Crippen molar-refractivity contribution in [1.29, 1.82) is 0 Å². The summed E-state index contributed by atoms with van der Waals surface area (Å²) in [6.07, 6.45) is 7.09. The summed E-state index contributed by atoms with van der Waals surface area (Å²) >= 11 is 0. The van der Waals surface area contributed by atoms with E-state index in [0.29, 0.717) is 17.3 Å². The van der Waals surface area contributed by atoms with Gasteiger partial charge in [-0.05, 0) is 19.9 Å². The van der Waals surface area contributed by atoms with Crippen molar-refractivity contribution in [2.24, 2.45) is 0 Å². The van der Waals surface area contributed by atoms with E-state index in [-0.39, 0.29) is 5.69 Å². The number of non-ortho nitro benzene ring substituents is 1. The molecule has 1 heterocycles. The van der Waals surface area contributed by atoms with E-state index in [2.05, 4.69) is 4.98 Å². The summed E-state index contributed by atoms with van der Waals surface area (Å²) in [7, 11) is 1.91. The molecule has 1 unspecified atom stereocenters. The van der Waals surface area contributed by atoms with Gasteiger partial charge in [0.05, 0.1) is 16.9 Å². The minimum atomic E-state index is -0.780. The molecule has 1 N–H and O–H groups in total. The first-order valence-electron chi connectivity index (χ1n) is 7.74. The third-order valence-corrected chi connectivity index (χ3v) is 4.49. The lowest BCUT2D eigenvalue weighted by Gasteiger charge is -2.29. The molecule has 7 heteroatoms. The number of nitro groups is 1. The van der Waals surface area contributed by atoms with Crippen LogP contribution in [0.5, 0.6) is 0 Å². The predicted octanol–water partition coefficient (Wildman–Crippen LogP) is 2.78. The van der Waals surface area contributed by atoms with Crippen LogP contribution in [0.1, 0.15) is 32.0 Å². The monoisotopic (exact) mass is 316 g/mol. The number of aliphatic hydroxyl groups is 1. The molecule has 7 nitrogen and oxygen atoms in total. The summed E-state index contributed by atoms with van der Waals surface area (Å²) in [4.78, 5) is 16.7. The summed E-state index contributed by atoms with van der Waals surface area (Å²) in [5, 5.41) is 21.4. The lowest BCUT2D eigenvalue weighted by molar-refractivity contribution is -0.384. The molecule has 1 saturated carbocycles. The molecule has 3 rings (SSSR count). The third-order valence-electron chi connectivity index (χ3n) is 4.49. The summed E-state index contributed by atoms with van der Waals surface area (Å²) < 4.78 is 1.63. The van der Waals surface area contributed by atoms with Crippen LogP contribution in [-0.2, 0) is 0 Å². The quantitative estimate of drug-likeness (QED) is 0.521. The van der Waals surface area contributed by atoms with E-state index in [0.717, 1.165) is 12.8 Å². The van der Waals surface area contributed by atoms with Gasteiger partial charge < -0.3 is 5.11 Å². The van der Waals surface area contributed by atoms with Crippen LogP contribution in [0.2, 0.25) is 0 Å². The van der Waals surface area contributed by atoms with Gasteiger partial charge in [0, 0.05) is 29.9 Å². The van der Waals surface area contributed by atoms with Crippen LogP contribution in [-0.4, -0.2) is 37.6 Å². The maximum atomic E-state index is 10.9. The Morgan fingerprint density at radius 2 is 2.17 bits per heavy atom. The van der Waals surface area contributed by atoms with E-state index in [1.807, 2.05) is 11.9 Å². The minimum absolute atomic E-state index is 0.0284. The van der Waals surface area contributed by atoms with Gasteiger partial charge in [-0.25, -0.2) is 4.98 Å². The highest BCUT2D eigenvalue weighted by Crippen LogP contribution is 2.27. The van der Waals surface area contributed by atoms with Gasteiger partial charge >= 0.3 is 0 Å². The van der Waals surface area contributed by atoms with E-state index in [1.165, 1.54) is 25.0 Å². The molecule has 1 aliphatic rings. The zero-order valence-electron chi connectivity index (χ0n) is 13.0. The van der Waals surface area contributed by atoms with Gasteiger partial charge in [-0.2, -0.15) is 0 Å². The Labute approximate surface area is 134 Å². The minimum Gasteiger partial charge on any atom is -0.360 e. The van der Waals surface area contributed by atoms with Crippen molar-refractivity contribution >= 4 is 5.69 Å². The molecule has 122 valence electrons. The van der Waals surface area contributed by atoms with Gasteiger partial charge in [0.15, 0.2) is 6.35 Å². The Morgan fingerprint density at radius 1 is 1.43 bits per heavy atom. The van der Waals surface area contributed by atoms with E-state index < -0.39 is 11.3 Å². The summed E-state index contributed by atoms with van der Waals surface area (Å²) in [5.74, 6) is 0. The lowest BCUT2D eigenvalue weighted by atomic mass is 10.1. The number of aliphatic hydroxyl groups excluding tert-OH is 1. The molecule has 0 aliphatic heterocycles. The van der Waals surface area contributed by atoms with Crippen LogP contribution >= 0.6 is 0 Å². The molecule has 1 aliphatic carbocycles. The Bertz CT molecular complexity index is 694. The molecule has 1 aromatic carbocycles. The zero-order chi connectivity index (χ0) is 16.4. The van der Waals surface area contributed by atoms with Crippen molar-refractivity contribution in [2.45, 2.75) is 38.1 Å². The molecule has 23 heavy (non-hydrogen) atoms. The number of aromatic nitrogens is 2. The fourth-order valence-corrected chi connectivity index (χ4v) is 3.10. The smallest absolute Gasteiger partial charge is 0.270 e. The van der Waals surface area contributed by atoms with Gasteiger partial charge in [-0.1, -0.05) is 25.0 Å². The topological polar surface area (TPSA) is 84.4 Å². The number of benzene rings is 1. The molecule has 1 fully saturated rings. The average molecular weight is 316 g/mol. The molecule has 0 spiro atoms. The van der Waals surface area contributed by atoms with Crippen molar-refractivity contribution in [1.82, 2.24) is 14.5 Å². The highest BCUT2D eigenvalue weighted by molar-refractivity contribution is 5.61. The second-order valence-corrected chi connectivity index (χ2v) is 5.96. The van der Waals surface area contributed by atoms with Gasteiger partial charge in [0.1, 0.15) is 0 Å². The second-order valence-electron chi connectivity index (χ2n) is 5.96. The van der Waals surface area contributed by atoms with Gasteiger partial charge in [0.25, 0.3) is 5.69 Å². The van der Waals surface area contributed by atoms with Gasteiger partial charge in [0.2, 0.25) is 0 Å². The predicted molar refractivity (Wildman–Crippen MR) is 85.6 cm³/mol.